The van der Waals surface area contributed by atoms with E-state index in [0.717, 1.165) is 0 Å². The molecule has 2 N–H and O–H groups in total. The van der Waals surface area contributed by atoms with Crippen LogP contribution in [0.1, 0.15) is 23.7 Å². The standard InChI is InChI=1S/C15H19N3O3/c1-3-7-16-13(19)11-4-5-12(17-9-11)18-8-6-15(2,10-18)14(20)21/h3-5,9H,1,6-8,10H2,2H3,(H,16,19)(H,20,21). The molecule has 0 aliphatic carbocycles. The average molecular weight is 289 g/mol. The minimum absolute atomic E-state index is 0.203. The average Bonchev–Trinajstić information content (AvgIpc) is 2.89. The van der Waals surface area contributed by atoms with Gasteiger partial charge in [-0.1, -0.05) is 6.08 Å². The summed E-state index contributed by atoms with van der Waals surface area (Å²) < 4.78 is 0. The van der Waals surface area contributed by atoms with Crippen LogP contribution in [-0.2, 0) is 4.79 Å². The predicted molar refractivity (Wildman–Crippen MR) is 79.3 cm³/mol. The van der Waals surface area contributed by atoms with Crippen molar-refractivity contribution in [3.8, 4) is 0 Å². The van der Waals surface area contributed by atoms with Gasteiger partial charge in [0, 0.05) is 25.8 Å². The SMILES string of the molecule is C=CCNC(=O)c1ccc(N2CCC(C)(C(=O)O)C2)nc1. The van der Waals surface area contributed by atoms with E-state index in [9.17, 15) is 14.7 Å². The predicted octanol–water partition coefficient (Wildman–Crippen LogP) is 1.30. The maximum atomic E-state index is 11.7. The van der Waals surface area contributed by atoms with Crippen molar-refractivity contribution in [3.63, 3.8) is 0 Å². The van der Waals surface area contributed by atoms with Crippen molar-refractivity contribution in [3.05, 3.63) is 36.5 Å². The molecule has 21 heavy (non-hydrogen) atoms. The zero-order valence-corrected chi connectivity index (χ0v) is 12.0. The third-order valence-corrected chi connectivity index (χ3v) is 3.73. The molecule has 112 valence electrons. The Labute approximate surface area is 123 Å². The first kappa shape index (κ1) is 15.0. The molecule has 0 bridgehead atoms. The number of anilines is 1. The number of carbonyl (C=O) groups is 2. The van der Waals surface area contributed by atoms with Gasteiger partial charge >= 0.3 is 5.97 Å². The summed E-state index contributed by atoms with van der Waals surface area (Å²) in [6.07, 6.45) is 3.70. The molecule has 1 saturated heterocycles. The van der Waals surface area contributed by atoms with Crippen LogP contribution < -0.4 is 10.2 Å². The van der Waals surface area contributed by atoms with Crippen molar-refractivity contribution in [2.24, 2.45) is 5.41 Å². The van der Waals surface area contributed by atoms with Gasteiger partial charge in [-0.3, -0.25) is 9.59 Å². The number of pyridine rings is 1. The van der Waals surface area contributed by atoms with Crippen molar-refractivity contribution >= 4 is 17.7 Å². The highest BCUT2D eigenvalue weighted by molar-refractivity contribution is 5.94. The molecular weight excluding hydrogens is 270 g/mol. The number of hydrogen-bond donors (Lipinski definition) is 2. The third-order valence-electron chi connectivity index (χ3n) is 3.73. The molecule has 0 saturated carbocycles. The van der Waals surface area contributed by atoms with Crippen LogP contribution in [0.3, 0.4) is 0 Å². The Bertz CT molecular complexity index is 556. The Morgan fingerprint density at radius 1 is 1.57 bits per heavy atom. The van der Waals surface area contributed by atoms with Crippen LogP contribution in [0, 0.1) is 5.41 Å². The summed E-state index contributed by atoms with van der Waals surface area (Å²) in [6.45, 7) is 6.76. The molecule has 0 aromatic carbocycles. The van der Waals surface area contributed by atoms with Crippen LogP contribution in [0.4, 0.5) is 5.82 Å². The van der Waals surface area contributed by atoms with Crippen LogP contribution in [0.2, 0.25) is 0 Å². The number of rotatable bonds is 5. The lowest BCUT2D eigenvalue weighted by atomic mass is 9.90. The minimum atomic E-state index is -0.787. The second-order valence-electron chi connectivity index (χ2n) is 5.44. The van der Waals surface area contributed by atoms with Gasteiger partial charge in [0.2, 0.25) is 0 Å². The van der Waals surface area contributed by atoms with Crippen LogP contribution in [0.25, 0.3) is 0 Å². The second kappa shape index (κ2) is 5.95. The van der Waals surface area contributed by atoms with Gasteiger partial charge in [-0.2, -0.15) is 0 Å². The molecule has 0 radical (unpaired) electrons. The zero-order chi connectivity index (χ0) is 15.5. The number of aliphatic carboxylic acids is 1. The van der Waals surface area contributed by atoms with Gasteiger partial charge in [0.15, 0.2) is 0 Å². The summed E-state index contributed by atoms with van der Waals surface area (Å²) >= 11 is 0. The second-order valence-corrected chi connectivity index (χ2v) is 5.44. The number of carboxylic acid groups (broad SMARTS) is 1. The van der Waals surface area contributed by atoms with Crippen LogP contribution in [0.5, 0.6) is 0 Å². The highest BCUT2D eigenvalue weighted by Gasteiger charge is 2.40. The van der Waals surface area contributed by atoms with Crippen molar-refractivity contribution < 1.29 is 14.7 Å². The fourth-order valence-electron chi connectivity index (χ4n) is 2.31. The summed E-state index contributed by atoms with van der Waals surface area (Å²) in [4.78, 5) is 29.2. The molecule has 1 fully saturated rings. The molecule has 1 aromatic heterocycles. The number of aromatic nitrogens is 1. The van der Waals surface area contributed by atoms with Gasteiger partial charge in [-0.15, -0.1) is 6.58 Å². The number of amides is 1. The maximum absolute atomic E-state index is 11.7. The Hall–Kier alpha value is -2.37. The first-order valence-corrected chi connectivity index (χ1v) is 6.80. The van der Waals surface area contributed by atoms with Crippen molar-refractivity contribution in [2.45, 2.75) is 13.3 Å². The number of nitrogens with zero attached hydrogens (tertiary/aromatic N) is 2. The molecule has 1 aliphatic rings. The minimum Gasteiger partial charge on any atom is -0.481 e. The van der Waals surface area contributed by atoms with E-state index in [0.29, 0.717) is 37.4 Å². The van der Waals surface area contributed by atoms with Gasteiger partial charge in [0.05, 0.1) is 11.0 Å². The van der Waals surface area contributed by atoms with Gasteiger partial charge in [0.25, 0.3) is 5.91 Å². The number of nitrogens with one attached hydrogen (secondary N) is 1. The summed E-state index contributed by atoms with van der Waals surface area (Å²) in [5, 5.41) is 11.9. The van der Waals surface area contributed by atoms with E-state index in [1.54, 1.807) is 25.1 Å². The number of carbonyl (C=O) groups excluding carboxylic acids is 1. The number of carboxylic acids is 1. The molecule has 1 amide bonds. The van der Waals surface area contributed by atoms with Crippen LogP contribution >= 0.6 is 0 Å². The van der Waals surface area contributed by atoms with E-state index in [2.05, 4.69) is 16.9 Å². The molecule has 6 nitrogen and oxygen atoms in total. The first-order chi connectivity index (χ1) is 9.96. The molecule has 1 aromatic rings. The molecule has 1 unspecified atom stereocenters. The molecule has 2 rings (SSSR count). The summed E-state index contributed by atoms with van der Waals surface area (Å²) in [5.41, 5.74) is -0.261. The summed E-state index contributed by atoms with van der Waals surface area (Å²) in [6, 6.07) is 3.44. The topological polar surface area (TPSA) is 82.5 Å². The molecular formula is C15H19N3O3. The van der Waals surface area contributed by atoms with Crippen LogP contribution in [0.15, 0.2) is 31.0 Å². The molecule has 6 heteroatoms. The van der Waals surface area contributed by atoms with E-state index in [1.807, 2.05) is 4.90 Å². The van der Waals surface area contributed by atoms with Gasteiger partial charge in [-0.25, -0.2) is 4.98 Å². The van der Waals surface area contributed by atoms with E-state index >= 15 is 0 Å². The first-order valence-electron chi connectivity index (χ1n) is 6.80. The lowest BCUT2D eigenvalue weighted by molar-refractivity contribution is -0.146. The normalized spacial score (nSPS) is 21.1. The molecule has 2 heterocycles. The Morgan fingerprint density at radius 2 is 2.33 bits per heavy atom. The monoisotopic (exact) mass is 289 g/mol. The Kier molecular flexibility index (Phi) is 4.26. The zero-order valence-electron chi connectivity index (χ0n) is 12.0. The summed E-state index contributed by atoms with van der Waals surface area (Å²) in [7, 11) is 0. The third kappa shape index (κ3) is 3.21. The quantitative estimate of drug-likeness (QED) is 0.798. The van der Waals surface area contributed by atoms with Crippen LogP contribution in [-0.4, -0.2) is 41.6 Å². The Morgan fingerprint density at radius 3 is 2.86 bits per heavy atom. The Balaban J connectivity index is 2.05. The smallest absolute Gasteiger partial charge is 0.311 e. The van der Waals surface area contributed by atoms with E-state index in [1.165, 1.54) is 6.20 Å². The van der Waals surface area contributed by atoms with Crippen molar-refractivity contribution in [2.75, 3.05) is 24.5 Å². The molecule has 1 aliphatic heterocycles. The van der Waals surface area contributed by atoms with Gasteiger partial charge < -0.3 is 15.3 Å². The fraction of sp³-hybridized carbons (Fsp3) is 0.400. The van der Waals surface area contributed by atoms with E-state index in [-0.39, 0.29) is 5.91 Å². The van der Waals surface area contributed by atoms with Crippen molar-refractivity contribution in [1.29, 1.82) is 0 Å². The lowest BCUT2D eigenvalue weighted by Gasteiger charge is -2.20. The highest BCUT2D eigenvalue weighted by Crippen LogP contribution is 2.32. The molecule has 0 spiro atoms. The molecule has 1 atom stereocenters. The van der Waals surface area contributed by atoms with E-state index in [4.69, 9.17) is 0 Å². The highest BCUT2D eigenvalue weighted by atomic mass is 16.4. The number of hydrogen-bond acceptors (Lipinski definition) is 4. The fourth-order valence-corrected chi connectivity index (χ4v) is 2.31. The lowest BCUT2D eigenvalue weighted by Crippen LogP contribution is -2.32. The maximum Gasteiger partial charge on any atom is 0.311 e. The summed E-state index contributed by atoms with van der Waals surface area (Å²) in [5.74, 6) is -0.295. The van der Waals surface area contributed by atoms with Gasteiger partial charge in [-0.05, 0) is 25.5 Å². The van der Waals surface area contributed by atoms with Crippen molar-refractivity contribution in [1.82, 2.24) is 10.3 Å². The van der Waals surface area contributed by atoms with Gasteiger partial charge in [0.1, 0.15) is 5.82 Å². The van der Waals surface area contributed by atoms with E-state index < -0.39 is 11.4 Å². The largest absolute Gasteiger partial charge is 0.481 e.